The molecule has 2 N–H and O–H groups in total. The van der Waals surface area contributed by atoms with Crippen LogP contribution < -0.4 is 5.73 Å². The highest BCUT2D eigenvalue weighted by Gasteiger charge is 2.27. The lowest BCUT2D eigenvalue weighted by Gasteiger charge is -2.27. The Balaban J connectivity index is 3.26. The Bertz CT molecular complexity index is 560. The molecule has 1 rings (SSSR count). The van der Waals surface area contributed by atoms with E-state index in [4.69, 9.17) is 5.73 Å². The van der Waals surface area contributed by atoms with E-state index in [0.717, 1.165) is 11.1 Å². The third-order valence-corrected chi connectivity index (χ3v) is 5.02. The van der Waals surface area contributed by atoms with Gasteiger partial charge in [0.1, 0.15) is 0 Å². The minimum atomic E-state index is -3.47. The first-order valence-corrected chi connectivity index (χ1v) is 8.34. The lowest BCUT2D eigenvalue weighted by atomic mass is 9.97. The van der Waals surface area contributed by atoms with Crippen molar-refractivity contribution in [3.8, 4) is 0 Å². The van der Waals surface area contributed by atoms with Gasteiger partial charge >= 0.3 is 0 Å². The summed E-state index contributed by atoms with van der Waals surface area (Å²) in [7, 11) is -1.84. The van der Waals surface area contributed by atoms with Crippen molar-refractivity contribution in [1.82, 2.24) is 4.31 Å². The molecule has 20 heavy (non-hydrogen) atoms. The molecule has 114 valence electrons. The van der Waals surface area contributed by atoms with Gasteiger partial charge in [-0.15, -0.1) is 0 Å². The van der Waals surface area contributed by atoms with Crippen LogP contribution in [-0.2, 0) is 23.0 Å². The van der Waals surface area contributed by atoms with Crippen LogP contribution in [0.15, 0.2) is 23.1 Å². The summed E-state index contributed by atoms with van der Waals surface area (Å²) in [4.78, 5) is 0.384. The molecule has 0 aromatic heterocycles. The van der Waals surface area contributed by atoms with Gasteiger partial charge in [-0.3, -0.25) is 0 Å². The summed E-state index contributed by atoms with van der Waals surface area (Å²) in [6.45, 7) is 8.85. The molecule has 0 atom stereocenters. The van der Waals surface area contributed by atoms with E-state index in [0.29, 0.717) is 24.4 Å². The van der Waals surface area contributed by atoms with E-state index in [2.05, 4.69) is 0 Å². The number of benzene rings is 1. The van der Waals surface area contributed by atoms with Crippen molar-refractivity contribution in [3.63, 3.8) is 0 Å². The monoisotopic (exact) mass is 298 g/mol. The zero-order valence-electron chi connectivity index (χ0n) is 13.1. The Morgan fingerprint density at radius 3 is 2.30 bits per heavy atom. The van der Waals surface area contributed by atoms with Gasteiger partial charge in [-0.05, 0) is 29.0 Å². The van der Waals surface area contributed by atoms with E-state index >= 15 is 0 Å². The van der Waals surface area contributed by atoms with Crippen LogP contribution in [0.25, 0.3) is 0 Å². The fraction of sp³-hybridized carbons (Fsp3) is 0.600. The topological polar surface area (TPSA) is 63.4 Å². The maximum atomic E-state index is 12.7. The van der Waals surface area contributed by atoms with E-state index in [9.17, 15) is 8.42 Å². The Kier molecular flexibility index (Phi) is 5.35. The fourth-order valence-corrected chi connectivity index (χ4v) is 3.92. The van der Waals surface area contributed by atoms with Gasteiger partial charge in [0.2, 0.25) is 10.0 Å². The Morgan fingerprint density at radius 2 is 1.85 bits per heavy atom. The van der Waals surface area contributed by atoms with Crippen LogP contribution in [0.3, 0.4) is 0 Å². The molecule has 0 aliphatic heterocycles. The highest BCUT2D eigenvalue weighted by atomic mass is 32.2. The molecule has 0 amide bonds. The lowest BCUT2D eigenvalue weighted by Crippen LogP contribution is -2.35. The van der Waals surface area contributed by atoms with E-state index < -0.39 is 10.0 Å². The zero-order valence-corrected chi connectivity index (χ0v) is 13.9. The zero-order chi connectivity index (χ0) is 15.6. The summed E-state index contributed by atoms with van der Waals surface area (Å²) < 4.78 is 26.9. The summed E-state index contributed by atoms with van der Waals surface area (Å²) in [6.07, 6.45) is 0.683. The molecular formula is C15H26N2O2S. The Morgan fingerprint density at radius 1 is 1.25 bits per heavy atom. The normalized spacial score (nSPS) is 12.9. The van der Waals surface area contributed by atoms with Gasteiger partial charge in [-0.2, -0.15) is 0 Å². The average Bonchev–Trinajstić information content (AvgIpc) is 2.35. The quantitative estimate of drug-likeness (QED) is 0.907. The van der Waals surface area contributed by atoms with E-state index in [1.54, 1.807) is 13.1 Å². The second kappa shape index (κ2) is 6.24. The molecule has 4 nitrogen and oxygen atoms in total. The van der Waals surface area contributed by atoms with Crippen molar-refractivity contribution in [2.45, 2.75) is 45.6 Å². The number of hydrogen-bond donors (Lipinski definition) is 1. The van der Waals surface area contributed by atoms with Gasteiger partial charge in [-0.1, -0.05) is 39.8 Å². The second-order valence-corrected chi connectivity index (χ2v) is 8.33. The fourth-order valence-electron chi connectivity index (χ4n) is 2.18. The van der Waals surface area contributed by atoms with Gasteiger partial charge in [-0.25, -0.2) is 12.7 Å². The highest BCUT2D eigenvalue weighted by Crippen LogP contribution is 2.24. The molecule has 0 unspecified atom stereocenters. The molecule has 5 heteroatoms. The summed E-state index contributed by atoms with van der Waals surface area (Å²) in [6, 6.07) is 5.45. The van der Waals surface area contributed by atoms with Crippen LogP contribution in [0, 0.1) is 5.41 Å². The Hall–Kier alpha value is -0.910. The van der Waals surface area contributed by atoms with Crippen molar-refractivity contribution in [3.05, 3.63) is 29.3 Å². The number of rotatable bonds is 5. The van der Waals surface area contributed by atoms with Crippen molar-refractivity contribution in [2.24, 2.45) is 11.1 Å². The molecule has 0 spiro atoms. The Labute approximate surface area is 123 Å². The summed E-state index contributed by atoms with van der Waals surface area (Å²) in [5.74, 6) is 0. The molecular weight excluding hydrogens is 272 g/mol. The summed E-state index contributed by atoms with van der Waals surface area (Å²) in [5.41, 5.74) is 7.21. The van der Waals surface area contributed by atoms with Crippen molar-refractivity contribution in [1.29, 1.82) is 0 Å². The third-order valence-electron chi connectivity index (χ3n) is 3.13. The first kappa shape index (κ1) is 17.1. The van der Waals surface area contributed by atoms with Crippen molar-refractivity contribution < 1.29 is 8.42 Å². The summed E-state index contributed by atoms with van der Waals surface area (Å²) in [5, 5.41) is 0. The molecule has 0 aliphatic rings. The number of aryl methyl sites for hydroxylation is 1. The van der Waals surface area contributed by atoms with Gasteiger partial charge in [0.25, 0.3) is 0 Å². The van der Waals surface area contributed by atoms with Crippen molar-refractivity contribution in [2.75, 3.05) is 13.6 Å². The molecule has 0 fully saturated rings. The van der Waals surface area contributed by atoms with Crippen LogP contribution >= 0.6 is 0 Å². The van der Waals surface area contributed by atoms with Crippen molar-refractivity contribution >= 4 is 10.0 Å². The molecule has 1 aromatic carbocycles. The average molecular weight is 298 g/mol. The van der Waals surface area contributed by atoms with Crippen LogP contribution in [0.4, 0.5) is 0 Å². The second-order valence-electron chi connectivity index (χ2n) is 6.32. The predicted molar refractivity (Wildman–Crippen MR) is 83.0 cm³/mol. The minimum absolute atomic E-state index is 0.0837. The number of hydrogen-bond acceptors (Lipinski definition) is 3. The molecule has 1 aromatic rings. The van der Waals surface area contributed by atoms with Crippen LogP contribution in [0.1, 0.15) is 38.8 Å². The first-order valence-electron chi connectivity index (χ1n) is 6.90. The number of sulfonamides is 1. The molecule has 0 radical (unpaired) electrons. The van der Waals surface area contributed by atoms with E-state index in [-0.39, 0.29) is 5.41 Å². The highest BCUT2D eigenvalue weighted by molar-refractivity contribution is 7.89. The van der Waals surface area contributed by atoms with Gasteiger partial charge in [0.15, 0.2) is 0 Å². The molecule has 0 aliphatic carbocycles. The first-order chi connectivity index (χ1) is 9.11. The molecule has 0 bridgehead atoms. The molecule has 0 heterocycles. The number of nitrogens with zero attached hydrogens (tertiary/aromatic N) is 1. The predicted octanol–water partition coefficient (Wildman–Crippen LogP) is 2.37. The molecule has 0 saturated heterocycles. The smallest absolute Gasteiger partial charge is 0.243 e. The van der Waals surface area contributed by atoms with E-state index in [1.807, 2.05) is 39.8 Å². The standard InChI is InChI=1S/C15H26N2O2S/c1-6-13-8-7-12(10-16)9-14(13)20(18,19)17(5)11-15(2,3)4/h7-9H,6,10-11,16H2,1-5H3. The lowest BCUT2D eigenvalue weighted by molar-refractivity contribution is 0.310. The third kappa shape index (κ3) is 4.04. The van der Waals surface area contributed by atoms with Crippen LogP contribution in [0.5, 0.6) is 0 Å². The minimum Gasteiger partial charge on any atom is -0.326 e. The summed E-state index contributed by atoms with van der Waals surface area (Å²) >= 11 is 0. The largest absolute Gasteiger partial charge is 0.326 e. The van der Waals surface area contributed by atoms with Crippen LogP contribution in [0.2, 0.25) is 0 Å². The van der Waals surface area contributed by atoms with Gasteiger partial charge < -0.3 is 5.73 Å². The van der Waals surface area contributed by atoms with Gasteiger partial charge in [0.05, 0.1) is 4.90 Å². The van der Waals surface area contributed by atoms with Crippen LogP contribution in [-0.4, -0.2) is 26.3 Å². The maximum absolute atomic E-state index is 12.7. The number of nitrogens with two attached hydrogens (primary N) is 1. The van der Waals surface area contributed by atoms with E-state index in [1.165, 1.54) is 4.31 Å². The maximum Gasteiger partial charge on any atom is 0.243 e. The molecule has 0 saturated carbocycles. The van der Waals surface area contributed by atoms with Gasteiger partial charge in [0, 0.05) is 20.1 Å². The SMILES string of the molecule is CCc1ccc(CN)cc1S(=O)(=O)N(C)CC(C)(C)C.